The Bertz CT molecular complexity index is 604. The fraction of sp³-hybridized carbons (Fsp3) is 0.143. The molecule has 0 saturated carbocycles. The van der Waals surface area contributed by atoms with Crippen molar-refractivity contribution in [2.75, 3.05) is 6.61 Å². The number of ketones is 1. The third-order valence-electron chi connectivity index (χ3n) is 2.40. The smallest absolute Gasteiger partial charge is 0.200 e. The Morgan fingerprint density at radius 1 is 1.33 bits per heavy atom. The summed E-state index contributed by atoms with van der Waals surface area (Å²) in [6.07, 6.45) is 4.03. The van der Waals surface area contributed by atoms with Gasteiger partial charge in [0.15, 0.2) is 29.8 Å². The van der Waals surface area contributed by atoms with Gasteiger partial charge in [-0.05, 0) is 47.1 Å². The summed E-state index contributed by atoms with van der Waals surface area (Å²) in [5.41, 5.74) is -0.314. The molecule has 3 nitrogen and oxygen atoms in total. The summed E-state index contributed by atoms with van der Waals surface area (Å²) < 4.78 is 44.5. The van der Waals surface area contributed by atoms with Crippen molar-refractivity contribution in [2.45, 2.75) is 6.92 Å². The van der Waals surface area contributed by atoms with Gasteiger partial charge in [-0.2, -0.15) is 0 Å². The van der Waals surface area contributed by atoms with Crippen LogP contribution in [0.1, 0.15) is 17.3 Å². The highest BCUT2D eigenvalue weighted by molar-refractivity contribution is 9.11. The van der Waals surface area contributed by atoms with Crippen LogP contribution >= 0.6 is 15.9 Å². The molecule has 0 saturated heterocycles. The number of Topliss-reactive ketones (excluding diaryl/α,β-unsaturated/α-hetero) is 1. The van der Waals surface area contributed by atoms with Gasteiger partial charge in [0.05, 0.1) is 4.48 Å². The fourth-order valence-electron chi connectivity index (χ4n) is 1.29. The number of ether oxygens (including phenoxy) is 1. The summed E-state index contributed by atoms with van der Waals surface area (Å²) in [5, 5.41) is 6.83. The lowest BCUT2D eigenvalue weighted by molar-refractivity contribution is 0.0861. The molecule has 0 atom stereocenters. The predicted molar refractivity (Wildman–Crippen MR) is 76.1 cm³/mol. The molecule has 0 aliphatic carbocycles. The zero-order valence-corrected chi connectivity index (χ0v) is 12.5. The molecule has 21 heavy (non-hydrogen) atoms. The van der Waals surface area contributed by atoms with Gasteiger partial charge in [-0.1, -0.05) is 0 Å². The van der Waals surface area contributed by atoms with E-state index in [1.165, 1.54) is 12.2 Å². The van der Waals surface area contributed by atoms with Crippen molar-refractivity contribution < 1.29 is 22.7 Å². The topological polar surface area (TPSA) is 50.2 Å². The number of carbonyl (C=O) groups excluding carboxylic acids is 1. The van der Waals surface area contributed by atoms with E-state index in [1.54, 1.807) is 6.92 Å². The van der Waals surface area contributed by atoms with Crippen LogP contribution in [0.4, 0.5) is 13.2 Å². The molecule has 0 aliphatic heterocycles. The number of hydrogen-bond acceptors (Lipinski definition) is 3. The van der Waals surface area contributed by atoms with E-state index in [0.29, 0.717) is 22.4 Å². The van der Waals surface area contributed by atoms with Gasteiger partial charge in [0.1, 0.15) is 5.76 Å². The van der Waals surface area contributed by atoms with Crippen LogP contribution in [0.15, 0.2) is 34.5 Å². The molecule has 0 aromatic heterocycles. The SMILES string of the molecule is C/C(OCC(=O)c1cc(F)c(F)c(F)c1)=C(Br)/C=C\C=N. The van der Waals surface area contributed by atoms with Crippen LogP contribution in [-0.4, -0.2) is 18.6 Å². The summed E-state index contributed by atoms with van der Waals surface area (Å²) >= 11 is 3.17. The van der Waals surface area contributed by atoms with Crippen LogP contribution in [0.25, 0.3) is 0 Å². The first-order valence-electron chi connectivity index (χ1n) is 5.71. The minimum Gasteiger partial charge on any atom is -0.489 e. The normalized spacial score (nSPS) is 12.2. The van der Waals surface area contributed by atoms with E-state index >= 15 is 0 Å². The quantitative estimate of drug-likeness (QED) is 0.272. The summed E-state index contributed by atoms with van der Waals surface area (Å²) in [4.78, 5) is 11.7. The molecule has 0 fully saturated rings. The molecule has 0 unspecified atom stereocenters. The van der Waals surface area contributed by atoms with E-state index in [9.17, 15) is 18.0 Å². The monoisotopic (exact) mass is 361 g/mol. The van der Waals surface area contributed by atoms with Crippen LogP contribution in [0, 0.1) is 22.9 Å². The Morgan fingerprint density at radius 3 is 2.43 bits per heavy atom. The molecule has 0 amide bonds. The third-order valence-corrected chi connectivity index (χ3v) is 3.22. The highest BCUT2D eigenvalue weighted by Crippen LogP contribution is 2.17. The molecule has 112 valence electrons. The van der Waals surface area contributed by atoms with E-state index in [2.05, 4.69) is 15.9 Å². The Balaban J connectivity index is 2.79. The van der Waals surface area contributed by atoms with Crippen LogP contribution in [-0.2, 0) is 4.74 Å². The van der Waals surface area contributed by atoms with Crippen LogP contribution in [0.5, 0.6) is 0 Å². The summed E-state index contributed by atoms with van der Waals surface area (Å²) in [6.45, 7) is 1.11. The van der Waals surface area contributed by atoms with Crippen molar-refractivity contribution in [1.82, 2.24) is 0 Å². The molecule has 0 radical (unpaired) electrons. The van der Waals surface area contributed by atoms with E-state index < -0.39 is 29.8 Å². The number of allylic oxidation sites excluding steroid dienone is 4. The molecule has 0 heterocycles. The van der Waals surface area contributed by atoms with E-state index in [1.807, 2.05) is 0 Å². The summed E-state index contributed by atoms with van der Waals surface area (Å²) in [5.74, 6) is -4.82. The zero-order valence-electron chi connectivity index (χ0n) is 10.9. The summed E-state index contributed by atoms with van der Waals surface area (Å²) in [6, 6.07) is 1.24. The van der Waals surface area contributed by atoms with Gasteiger partial charge in [-0.25, -0.2) is 13.2 Å². The van der Waals surface area contributed by atoms with Gasteiger partial charge in [-0.15, -0.1) is 0 Å². The first-order chi connectivity index (χ1) is 9.86. The first-order valence-corrected chi connectivity index (χ1v) is 6.50. The second-order valence-corrected chi connectivity index (χ2v) is 4.75. The molecular formula is C14H11BrF3NO2. The van der Waals surface area contributed by atoms with Crippen LogP contribution in [0.2, 0.25) is 0 Å². The number of rotatable bonds is 6. The van der Waals surface area contributed by atoms with Gasteiger partial charge < -0.3 is 10.1 Å². The average Bonchev–Trinajstić information content (AvgIpc) is 2.46. The van der Waals surface area contributed by atoms with Gasteiger partial charge in [0.2, 0.25) is 0 Å². The minimum atomic E-state index is -1.62. The Kier molecular flexibility index (Phi) is 6.36. The van der Waals surface area contributed by atoms with Crippen molar-refractivity contribution in [3.63, 3.8) is 0 Å². The molecule has 1 rings (SSSR count). The predicted octanol–water partition coefficient (Wildman–Crippen LogP) is 4.14. The van der Waals surface area contributed by atoms with Gasteiger partial charge in [0, 0.05) is 11.8 Å². The largest absolute Gasteiger partial charge is 0.489 e. The molecule has 0 spiro atoms. The number of benzene rings is 1. The van der Waals surface area contributed by atoms with Crippen molar-refractivity contribution in [1.29, 1.82) is 5.41 Å². The van der Waals surface area contributed by atoms with Crippen LogP contribution in [0.3, 0.4) is 0 Å². The van der Waals surface area contributed by atoms with Crippen molar-refractivity contribution in [3.05, 3.63) is 57.5 Å². The second-order valence-electron chi connectivity index (χ2n) is 3.90. The number of nitrogens with one attached hydrogen (secondary N) is 1. The fourth-order valence-corrected chi connectivity index (χ4v) is 1.56. The van der Waals surface area contributed by atoms with Gasteiger partial charge in [0.25, 0.3) is 0 Å². The molecule has 1 N–H and O–H groups in total. The highest BCUT2D eigenvalue weighted by atomic mass is 79.9. The second kappa shape index (κ2) is 7.78. The van der Waals surface area contributed by atoms with Gasteiger partial charge in [-0.3, -0.25) is 4.79 Å². The number of halogens is 4. The Morgan fingerprint density at radius 2 is 1.90 bits per heavy atom. The molecule has 1 aromatic rings. The third kappa shape index (κ3) is 4.86. The lowest BCUT2D eigenvalue weighted by atomic mass is 10.1. The lowest BCUT2D eigenvalue weighted by Crippen LogP contribution is -2.10. The van der Waals surface area contributed by atoms with E-state index in [-0.39, 0.29) is 5.56 Å². The number of carbonyl (C=O) groups is 1. The molecule has 7 heteroatoms. The lowest BCUT2D eigenvalue weighted by Gasteiger charge is -2.07. The summed E-state index contributed by atoms with van der Waals surface area (Å²) in [7, 11) is 0. The Labute approximate surface area is 127 Å². The van der Waals surface area contributed by atoms with Crippen molar-refractivity contribution in [2.24, 2.45) is 0 Å². The molecule has 1 aromatic carbocycles. The van der Waals surface area contributed by atoms with Crippen molar-refractivity contribution in [3.8, 4) is 0 Å². The number of hydrogen-bond donors (Lipinski definition) is 1. The standard InChI is InChI=1S/C14H11BrF3NO2/c1-8(10(15)3-2-4-19)21-7-13(20)9-5-11(16)14(18)12(17)6-9/h2-6,19H,7H2,1H3/b3-2-,10-8+,19-4?. The maximum atomic E-state index is 13.0. The molecular weight excluding hydrogens is 351 g/mol. The van der Waals surface area contributed by atoms with E-state index in [0.717, 1.165) is 6.21 Å². The molecule has 0 bridgehead atoms. The molecule has 0 aliphatic rings. The zero-order chi connectivity index (χ0) is 16.0. The average molecular weight is 362 g/mol. The highest BCUT2D eigenvalue weighted by Gasteiger charge is 2.15. The van der Waals surface area contributed by atoms with Gasteiger partial charge >= 0.3 is 0 Å². The van der Waals surface area contributed by atoms with E-state index in [4.69, 9.17) is 10.1 Å². The first kappa shape index (κ1) is 17.2. The maximum Gasteiger partial charge on any atom is 0.200 e. The van der Waals surface area contributed by atoms with Crippen molar-refractivity contribution >= 4 is 27.9 Å². The van der Waals surface area contributed by atoms with Crippen LogP contribution < -0.4 is 0 Å². The minimum absolute atomic E-state index is 0.314. The maximum absolute atomic E-state index is 13.0. The Hall–Kier alpha value is -1.89.